The first-order valence-electron chi connectivity index (χ1n) is 5.36. The maximum absolute atomic E-state index is 10.5. The van der Waals surface area contributed by atoms with Gasteiger partial charge in [0.1, 0.15) is 5.75 Å². The van der Waals surface area contributed by atoms with E-state index in [9.17, 15) is 4.79 Å². The second kappa shape index (κ2) is 4.43. The summed E-state index contributed by atoms with van der Waals surface area (Å²) in [6.07, 6.45) is 2.16. The van der Waals surface area contributed by atoms with Crippen LogP contribution in [0.25, 0.3) is 0 Å². The summed E-state index contributed by atoms with van der Waals surface area (Å²) in [7, 11) is 2.01. The predicted molar refractivity (Wildman–Crippen MR) is 61.2 cm³/mol. The largest absolute Gasteiger partial charge is 0.480 e. The molecular formula is C12H15NO3. The average Bonchev–Trinajstić information content (AvgIpc) is 2.26. The number of ether oxygens (including phenoxy) is 1. The van der Waals surface area contributed by atoms with Crippen LogP contribution in [0.5, 0.6) is 5.75 Å². The first-order chi connectivity index (χ1) is 7.68. The number of fused-ring (bicyclic) bond motifs is 1. The van der Waals surface area contributed by atoms with E-state index in [0.717, 1.165) is 25.1 Å². The van der Waals surface area contributed by atoms with E-state index in [4.69, 9.17) is 9.84 Å². The molecule has 0 saturated carbocycles. The molecule has 86 valence electrons. The monoisotopic (exact) mass is 221 g/mol. The Hall–Kier alpha value is -1.71. The molecule has 0 unspecified atom stereocenters. The number of carboxylic acid groups (broad SMARTS) is 1. The average molecular weight is 221 g/mol. The van der Waals surface area contributed by atoms with E-state index in [1.54, 1.807) is 0 Å². The molecule has 0 aliphatic carbocycles. The van der Waals surface area contributed by atoms with Crippen LogP contribution >= 0.6 is 0 Å². The number of carboxylic acids is 1. The van der Waals surface area contributed by atoms with Gasteiger partial charge in [0.25, 0.3) is 0 Å². The SMILES string of the molecule is CN1CCCc2cccc(OCC(=O)O)c21. The van der Waals surface area contributed by atoms with Crippen molar-refractivity contribution in [2.45, 2.75) is 12.8 Å². The van der Waals surface area contributed by atoms with Crippen LogP contribution in [0.2, 0.25) is 0 Å². The zero-order valence-electron chi connectivity index (χ0n) is 9.27. The summed E-state index contributed by atoms with van der Waals surface area (Å²) >= 11 is 0. The normalized spacial score (nSPS) is 14.4. The van der Waals surface area contributed by atoms with Gasteiger partial charge in [0, 0.05) is 13.6 Å². The van der Waals surface area contributed by atoms with E-state index in [-0.39, 0.29) is 6.61 Å². The van der Waals surface area contributed by atoms with Gasteiger partial charge < -0.3 is 14.7 Å². The number of rotatable bonds is 3. The molecule has 1 aliphatic rings. The molecule has 0 radical (unpaired) electrons. The Kier molecular flexibility index (Phi) is 2.99. The summed E-state index contributed by atoms with van der Waals surface area (Å²) < 4.78 is 5.30. The summed E-state index contributed by atoms with van der Waals surface area (Å²) in [6, 6.07) is 5.80. The summed E-state index contributed by atoms with van der Waals surface area (Å²) in [5.74, 6) is -0.279. The third kappa shape index (κ3) is 2.10. The minimum Gasteiger partial charge on any atom is -0.480 e. The molecule has 4 heteroatoms. The van der Waals surface area contributed by atoms with Gasteiger partial charge in [-0.05, 0) is 24.5 Å². The molecule has 0 bridgehead atoms. The number of aryl methyl sites for hydroxylation is 1. The molecule has 2 rings (SSSR count). The summed E-state index contributed by atoms with van der Waals surface area (Å²) in [4.78, 5) is 12.6. The molecule has 0 fully saturated rings. The Morgan fingerprint density at radius 2 is 2.38 bits per heavy atom. The Morgan fingerprint density at radius 1 is 1.56 bits per heavy atom. The van der Waals surface area contributed by atoms with Crippen molar-refractivity contribution in [2.75, 3.05) is 25.1 Å². The van der Waals surface area contributed by atoms with Crippen molar-refractivity contribution in [3.05, 3.63) is 23.8 Å². The topological polar surface area (TPSA) is 49.8 Å². The molecule has 0 saturated heterocycles. The Morgan fingerprint density at radius 3 is 3.12 bits per heavy atom. The Balaban J connectivity index is 2.27. The van der Waals surface area contributed by atoms with Crippen LogP contribution < -0.4 is 9.64 Å². The van der Waals surface area contributed by atoms with Crippen molar-refractivity contribution >= 4 is 11.7 Å². The summed E-state index contributed by atoms with van der Waals surface area (Å²) in [6.45, 7) is 0.699. The molecule has 4 nitrogen and oxygen atoms in total. The van der Waals surface area contributed by atoms with Crippen LogP contribution in [0.1, 0.15) is 12.0 Å². The van der Waals surface area contributed by atoms with Gasteiger partial charge in [-0.15, -0.1) is 0 Å². The first-order valence-corrected chi connectivity index (χ1v) is 5.36. The lowest BCUT2D eigenvalue weighted by Crippen LogP contribution is -2.25. The van der Waals surface area contributed by atoms with Gasteiger partial charge in [-0.3, -0.25) is 0 Å². The van der Waals surface area contributed by atoms with Gasteiger partial charge in [0.05, 0.1) is 5.69 Å². The third-order valence-corrected chi connectivity index (χ3v) is 2.76. The lowest BCUT2D eigenvalue weighted by Gasteiger charge is -2.29. The maximum Gasteiger partial charge on any atom is 0.341 e. The standard InChI is InChI=1S/C12H15NO3/c1-13-7-3-5-9-4-2-6-10(12(9)13)16-8-11(14)15/h2,4,6H,3,5,7-8H2,1H3,(H,14,15). The van der Waals surface area contributed by atoms with E-state index in [1.165, 1.54) is 5.56 Å². The number of benzene rings is 1. The molecule has 1 aliphatic heterocycles. The molecule has 16 heavy (non-hydrogen) atoms. The van der Waals surface area contributed by atoms with E-state index >= 15 is 0 Å². The number of anilines is 1. The number of nitrogens with zero attached hydrogens (tertiary/aromatic N) is 1. The molecular weight excluding hydrogens is 206 g/mol. The van der Waals surface area contributed by atoms with Crippen LogP contribution in [0, 0.1) is 0 Å². The van der Waals surface area contributed by atoms with E-state index in [2.05, 4.69) is 11.0 Å². The number of carbonyl (C=O) groups is 1. The first kappa shape index (κ1) is 10.8. The minimum atomic E-state index is -0.948. The Labute approximate surface area is 94.4 Å². The predicted octanol–water partition coefficient (Wildman–Crippen LogP) is 1.53. The van der Waals surface area contributed by atoms with Gasteiger partial charge in [-0.1, -0.05) is 12.1 Å². The van der Waals surface area contributed by atoms with Crippen LogP contribution in [-0.2, 0) is 11.2 Å². The van der Waals surface area contributed by atoms with Crippen molar-refractivity contribution in [1.82, 2.24) is 0 Å². The molecule has 1 aromatic rings. The van der Waals surface area contributed by atoms with Crippen LogP contribution in [-0.4, -0.2) is 31.3 Å². The van der Waals surface area contributed by atoms with E-state index in [0.29, 0.717) is 5.75 Å². The van der Waals surface area contributed by atoms with Crippen molar-refractivity contribution in [3.8, 4) is 5.75 Å². The quantitative estimate of drug-likeness (QED) is 0.841. The van der Waals surface area contributed by atoms with Gasteiger partial charge in [0.2, 0.25) is 0 Å². The number of para-hydroxylation sites is 1. The van der Waals surface area contributed by atoms with E-state index < -0.39 is 5.97 Å². The number of aliphatic carboxylic acids is 1. The van der Waals surface area contributed by atoms with E-state index in [1.807, 2.05) is 19.2 Å². The minimum absolute atomic E-state index is 0.287. The maximum atomic E-state index is 10.5. The second-order valence-corrected chi connectivity index (χ2v) is 3.97. The van der Waals surface area contributed by atoms with Crippen LogP contribution in [0.3, 0.4) is 0 Å². The van der Waals surface area contributed by atoms with Crippen molar-refractivity contribution in [1.29, 1.82) is 0 Å². The molecule has 1 N–H and O–H groups in total. The van der Waals surface area contributed by atoms with Crippen molar-refractivity contribution in [2.24, 2.45) is 0 Å². The highest BCUT2D eigenvalue weighted by Gasteiger charge is 2.18. The molecule has 1 heterocycles. The van der Waals surface area contributed by atoms with Gasteiger partial charge in [-0.25, -0.2) is 4.79 Å². The van der Waals surface area contributed by atoms with Gasteiger partial charge in [0.15, 0.2) is 6.61 Å². The molecule has 0 aromatic heterocycles. The highest BCUT2D eigenvalue weighted by atomic mass is 16.5. The highest BCUT2D eigenvalue weighted by molar-refractivity contribution is 5.70. The van der Waals surface area contributed by atoms with Crippen LogP contribution in [0.4, 0.5) is 5.69 Å². The van der Waals surface area contributed by atoms with Gasteiger partial charge >= 0.3 is 5.97 Å². The smallest absolute Gasteiger partial charge is 0.341 e. The third-order valence-electron chi connectivity index (χ3n) is 2.76. The van der Waals surface area contributed by atoms with Crippen molar-refractivity contribution in [3.63, 3.8) is 0 Å². The highest BCUT2D eigenvalue weighted by Crippen LogP contribution is 2.35. The second-order valence-electron chi connectivity index (χ2n) is 3.97. The summed E-state index contributed by atoms with van der Waals surface area (Å²) in [5, 5.41) is 8.61. The lowest BCUT2D eigenvalue weighted by molar-refractivity contribution is -0.139. The van der Waals surface area contributed by atoms with Crippen molar-refractivity contribution < 1.29 is 14.6 Å². The number of hydrogen-bond acceptors (Lipinski definition) is 3. The molecule has 0 spiro atoms. The molecule has 1 aromatic carbocycles. The van der Waals surface area contributed by atoms with Gasteiger partial charge in [-0.2, -0.15) is 0 Å². The fourth-order valence-electron chi connectivity index (χ4n) is 2.08. The summed E-state index contributed by atoms with van der Waals surface area (Å²) in [5.41, 5.74) is 2.27. The molecule has 0 amide bonds. The Bertz CT molecular complexity index is 403. The fraction of sp³-hybridized carbons (Fsp3) is 0.417. The fourth-order valence-corrected chi connectivity index (χ4v) is 2.08. The number of hydrogen-bond donors (Lipinski definition) is 1. The zero-order chi connectivity index (χ0) is 11.5. The van der Waals surface area contributed by atoms with Crippen LogP contribution in [0.15, 0.2) is 18.2 Å². The molecule has 0 atom stereocenters. The lowest BCUT2D eigenvalue weighted by atomic mass is 10.0. The zero-order valence-corrected chi connectivity index (χ0v) is 9.27.